The molecule has 1 radical (unpaired) electrons. The second-order valence-corrected chi connectivity index (χ2v) is 15.9. The Balaban J connectivity index is 0.000000174. The fourth-order valence-corrected chi connectivity index (χ4v) is 8.43. The number of rotatable bonds is 6. The third-order valence-corrected chi connectivity index (χ3v) is 11.5. The molecule has 5 aromatic carbocycles. The molecule has 0 saturated heterocycles. The molecular weight excluding hydrogens is 904 g/mol. The van der Waals surface area contributed by atoms with Gasteiger partial charge < -0.3 is 4.98 Å². The average Bonchev–Trinajstić information content (AvgIpc) is 3.91. The van der Waals surface area contributed by atoms with Crippen LogP contribution in [-0.4, -0.2) is 14.5 Å². The maximum atomic E-state index is 4.88. The van der Waals surface area contributed by atoms with Crippen molar-refractivity contribution in [1.29, 1.82) is 0 Å². The van der Waals surface area contributed by atoms with E-state index in [4.69, 9.17) is 9.97 Å². The zero-order valence-electron chi connectivity index (χ0n) is 34.0. The Morgan fingerprint density at radius 2 is 1.24 bits per heavy atom. The molecule has 0 amide bonds. The topological polar surface area (TPSA) is 48.7 Å². The Kier molecular flexibility index (Phi) is 11.9. The molecule has 13 rings (SSSR count). The number of imidazole rings is 1. The van der Waals surface area contributed by atoms with E-state index in [0.717, 1.165) is 53.5 Å². The largest absolute Gasteiger partial charge is 0.656 e. The number of aryl methyl sites for hydroxylation is 4. The summed E-state index contributed by atoms with van der Waals surface area (Å²) in [5.41, 5.74) is 17.1. The summed E-state index contributed by atoms with van der Waals surface area (Å²) in [5.74, 6) is 0.842. The Bertz CT molecular complexity index is 2750. The summed E-state index contributed by atoms with van der Waals surface area (Å²) in [6.07, 6.45) is 17.7. The van der Waals surface area contributed by atoms with Crippen LogP contribution in [-0.2, 0) is 48.1 Å². The van der Waals surface area contributed by atoms with Crippen molar-refractivity contribution in [2.45, 2.75) is 65.2 Å². The van der Waals surface area contributed by atoms with Gasteiger partial charge in [-0.05, 0) is 98.4 Å². The van der Waals surface area contributed by atoms with Crippen molar-refractivity contribution in [2.75, 3.05) is 0 Å². The van der Waals surface area contributed by atoms with Gasteiger partial charge in [0.15, 0.2) is 0 Å². The number of pyridine rings is 2. The van der Waals surface area contributed by atoms with Gasteiger partial charge in [-0.2, -0.15) is 0 Å². The van der Waals surface area contributed by atoms with Gasteiger partial charge in [-0.15, -0.1) is 11.0 Å². The predicted molar refractivity (Wildman–Crippen MR) is 237 cm³/mol. The first-order chi connectivity index (χ1) is 28.4. The van der Waals surface area contributed by atoms with Crippen LogP contribution in [0.15, 0.2) is 158 Å². The molecule has 59 heavy (non-hydrogen) atoms. The summed E-state index contributed by atoms with van der Waals surface area (Å²) in [7, 11) is 0. The van der Waals surface area contributed by atoms with Crippen LogP contribution in [0.25, 0.3) is 55.4 Å². The van der Waals surface area contributed by atoms with Crippen molar-refractivity contribution >= 4 is 21.8 Å². The zero-order chi connectivity index (χ0) is 39.6. The van der Waals surface area contributed by atoms with Crippen LogP contribution in [0.3, 0.4) is 0 Å². The summed E-state index contributed by atoms with van der Waals surface area (Å²) in [6.45, 7) is 9.05. The fourth-order valence-electron chi connectivity index (χ4n) is 8.43. The van der Waals surface area contributed by atoms with Crippen LogP contribution in [0.5, 0.6) is 0 Å². The van der Waals surface area contributed by atoms with Crippen LogP contribution in [0.2, 0.25) is 0 Å². The number of nitrogens with zero attached hydrogens (tertiary/aromatic N) is 5. The van der Waals surface area contributed by atoms with Crippen LogP contribution < -0.4 is 9.55 Å². The maximum absolute atomic E-state index is 4.88. The first-order valence-corrected chi connectivity index (χ1v) is 20.6. The number of benzene rings is 5. The smallest absolute Gasteiger partial charge is 0.268 e. The monoisotopic (exact) mass is 951 g/mol. The molecule has 9 aromatic rings. The van der Waals surface area contributed by atoms with Crippen LogP contribution in [0, 0.1) is 6.33 Å². The molecule has 0 saturated carbocycles. The molecule has 4 bridgehead atoms. The molecule has 4 aromatic heterocycles. The van der Waals surface area contributed by atoms with Gasteiger partial charge in [0.25, 0.3) is 6.33 Å². The number of fused-ring (bicyclic) bond motifs is 1. The van der Waals surface area contributed by atoms with E-state index in [1.807, 2.05) is 24.7 Å². The maximum Gasteiger partial charge on any atom is 0.268 e. The summed E-state index contributed by atoms with van der Waals surface area (Å²) in [5, 5.41) is 2.35. The number of aromatic nitrogens is 5. The minimum Gasteiger partial charge on any atom is -0.656 e. The van der Waals surface area contributed by atoms with Gasteiger partial charge in [0, 0.05) is 59.1 Å². The van der Waals surface area contributed by atoms with Gasteiger partial charge in [-0.25, -0.2) is 0 Å². The van der Waals surface area contributed by atoms with E-state index < -0.39 is 0 Å². The summed E-state index contributed by atoms with van der Waals surface area (Å²) in [4.78, 5) is 14.0. The third kappa shape index (κ3) is 8.11. The van der Waals surface area contributed by atoms with Gasteiger partial charge in [-0.1, -0.05) is 155 Å². The van der Waals surface area contributed by atoms with Gasteiger partial charge in [0.2, 0.25) is 0 Å². The third-order valence-electron chi connectivity index (χ3n) is 11.5. The Labute approximate surface area is 363 Å². The summed E-state index contributed by atoms with van der Waals surface area (Å²) >= 11 is 0. The normalized spacial score (nSPS) is 12.3. The van der Waals surface area contributed by atoms with E-state index in [1.165, 1.54) is 61.1 Å². The zero-order valence-corrected chi connectivity index (χ0v) is 36.2. The van der Waals surface area contributed by atoms with Crippen molar-refractivity contribution in [2.24, 2.45) is 0 Å². The standard InChI is InChI=1S/C33H32N2.C20H16N3.Au/c1-24(2)28-17-11-18-29(25(3)4)32(28)34-21-22-35(23-34)33-30(26-13-7-5-8-14-26)19-12-20-31(33)27-15-9-6-10-16-27;1-3-14-4-2-13(1)5-7-15-11-22-18(8-6-14)19-16-12-21-10-9-17(16)23-20(15)19;/h5-22,24-25H,1-4H3;1-4,9-12H,5-8H2;/q;-1;. The summed E-state index contributed by atoms with van der Waals surface area (Å²) < 4.78 is 4.34. The van der Waals surface area contributed by atoms with E-state index in [9.17, 15) is 0 Å². The molecule has 6 heterocycles. The quantitative estimate of drug-likeness (QED) is 0.0948. The summed E-state index contributed by atoms with van der Waals surface area (Å²) in [6, 6.07) is 45.5. The van der Waals surface area contributed by atoms with Crippen LogP contribution in [0.4, 0.5) is 0 Å². The van der Waals surface area contributed by atoms with E-state index in [2.05, 4.69) is 182 Å². The Hall–Kier alpha value is -5.85. The number of hydrogen-bond donors (Lipinski definition) is 0. The van der Waals surface area contributed by atoms with Crippen LogP contribution >= 0.6 is 0 Å². The Morgan fingerprint density at radius 1 is 0.644 bits per heavy atom. The van der Waals surface area contributed by atoms with E-state index in [1.54, 1.807) is 0 Å². The van der Waals surface area contributed by atoms with E-state index in [0.29, 0.717) is 11.8 Å². The molecule has 2 aliphatic heterocycles. The van der Waals surface area contributed by atoms with Crippen molar-refractivity contribution in [3.63, 3.8) is 0 Å². The van der Waals surface area contributed by atoms with Gasteiger partial charge in [0.05, 0.1) is 11.4 Å². The van der Waals surface area contributed by atoms with Gasteiger partial charge in [-0.3, -0.25) is 19.1 Å². The molecule has 0 atom stereocenters. The molecular formula is C53H48AuN5-. The van der Waals surface area contributed by atoms with Crippen LogP contribution in [0.1, 0.15) is 73.0 Å². The fraction of sp³-hybridized carbons (Fsp3) is 0.189. The Morgan fingerprint density at radius 3 is 1.85 bits per heavy atom. The minimum absolute atomic E-state index is 0. The molecule has 6 heteroatoms. The van der Waals surface area contributed by atoms with Gasteiger partial charge >= 0.3 is 0 Å². The molecule has 0 N–H and O–H groups in total. The molecule has 297 valence electrons. The molecule has 5 nitrogen and oxygen atoms in total. The van der Waals surface area contributed by atoms with Crippen molar-refractivity contribution in [3.05, 3.63) is 198 Å². The first kappa shape index (κ1) is 40.0. The van der Waals surface area contributed by atoms with Crippen molar-refractivity contribution in [1.82, 2.24) is 19.5 Å². The second-order valence-electron chi connectivity index (χ2n) is 15.9. The molecule has 0 fully saturated rings. The molecule has 2 aliphatic carbocycles. The number of para-hydroxylation sites is 2. The van der Waals surface area contributed by atoms with Crippen molar-refractivity contribution in [3.8, 4) is 33.6 Å². The van der Waals surface area contributed by atoms with E-state index in [-0.39, 0.29) is 22.4 Å². The number of hydrogen-bond acceptors (Lipinski definition) is 2. The minimum atomic E-state index is 0. The van der Waals surface area contributed by atoms with Gasteiger partial charge in [0.1, 0.15) is 0 Å². The van der Waals surface area contributed by atoms with E-state index >= 15 is 0 Å². The first-order valence-electron chi connectivity index (χ1n) is 20.6. The van der Waals surface area contributed by atoms with Crippen molar-refractivity contribution < 1.29 is 26.9 Å². The second kappa shape index (κ2) is 17.6. The molecule has 4 aliphatic rings. The predicted octanol–water partition coefficient (Wildman–Crippen LogP) is 11.8. The average molecular weight is 952 g/mol. The SMILES string of the molecule is CC(C)c1cccc(C(C)C)c1-[n+]1[c-]n(-c2c(-c3ccccc3)cccc2-c2ccccc2)cc1.[Au].c1cc2[n-]c3c4cnc(c3c2cn1)CCc1ccc(cc1)CC4. The molecule has 0 unspecified atom stereocenters. The molecule has 0 spiro atoms.